The molecular formula is C27H34N4O2. The molecule has 6 heteroatoms. The summed E-state index contributed by atoms with van der Waals surface area (Å²) in [6, 6.07) is 12.7. The van der Waals surface area contributed by atoms with Crippen LogP contribution in [0.25, 0.3) is 22.7 Å². The van der Waals surface area contributed by atoms with Crippen molar-refractivity contribution in [1.82, 2.24) is 19.4 Å². The molecule has 1 aromatic carbocycles. The van der Waals surface area contributed by atoms with E-state index in [1.807, 2.05) is 23.4 Å². The van der Waals surface area contributed by atoms with Crippen LogP contribution in [0.15, 0.2) is 47.1 Å². The molecule has 0 unspecified atom stereocenters. The zero-order valence-corrected chi connectivity index (χ0v) is 19.8. The van der Waals surface area contributed by atoms with Gasteiger partial charge >= 0.3 is 0 Å². The van der Waals surface area contributed by atoms with Crippen molar-refractivity contribution in [3.63, 3.8) is 0 Å². The normalized spacial score (nSPS) is 18.1. The first-order valence-electron chi connectivity index (χ1n) is 12.4. The minimum atomic E-state index is -0.0161. The van der Waals surface area contributed by atoms with E-state index < -0.39 is 0 Å². The van der Waals surface area contributed by atoms with Gasteiger partial charge in [-0.25, -0.2) is 4.98 Å². The number of hydrogen-bond donors (Lipinski definition) is 0. The molecule has 2 aromatic heterocycles. The summed E-state index contributed by atoms with van der Waals surface area (Å²) in [4.78, 5) is 22.3. The number of piperazine rings is 1. The molecule has 6 nitrogen and oxygen atoms in total. The van der Waals surface area contributed by atoms with Crippen molar-refractivity contribution in [1.29, 1.82) is 0 Å². The quantitative estimate of drug-likeness (QED) is 0.526. The van der Waals surface area contributed by atoms with Gasteiger partial charge in [-0.3, -0.25) is 4.79 Å². The monoisotopic (exact) mass is 446 g/mol. The molecule has 0 atom stereocenters. The summed E-state index contributed by atoms with van der Waals surface area (Å²) in [5.41, 5.74) is 4.21. The number of imidazole rings is 1. The van der Waals surface area contributed by atoms with Gasteiger partial charge in [0.1, 0.15) is 5.69 Å². The molecule has 0 bridgehead atoms. The molecule has 1 aliphatic carbocycles. The van der Waals surface area contributed by atoms with Crippen molar-refractivity contribution in [3.05, 3.63) is 54.0 Å². The Morgan fingerprint density at radius 1 is 1.00 bits per heavy atom. The first-order chi connectivity index (χ1) is 16.1. The van der Waals surface area contributed by atoms with Crippen molar-refractivity contribution in [2.24, 2.45) is 0 Å². The lowest BCUT2D eigenvalue weighted by molar-refractivity contribution is 0.0613. The molecule has 0 radical (unpaired) electrons. The summed E-state index contributed by atoms with van der Waals surface area (Å²) in [6.45, 7) is 8.62. The Balaban J connectivity index is 1.48. The van der Waals surface area contributed by atoms with Crippen LogP contribution in [0.5, 0.6) is 0 Å². The van der Waals surface area contributed by atoms with Gasteiger partial charge in [0.2, 0.25) is 0 Å². The summed E-state index contributed by atoms with van der Waals surface area (Å²) in [7, 11) is 0. The van der Waals surface area contributed by atoms with Crippen LogP contribution in [-0.4, -0.2) is 58.0 Å². The topological polar surface area (TPSA) is 54.5 Å². The van der Waals surface area contributed by atoms with Gasteiger partial charge in [-0.2, -0.15) is 0 Å². The van der Waals surface area contributed by atoms with E-state index >= 15 is 0 Å². The fourth-order valence-electron chi connectivity index (χ4n) is 5.17. The SMILES string of the molecule is CCN1CCN(C(=O)c2ccc(-c3c(-c4ccc(C)cc4)ncn3C3CCCCC3)o2)CC1. The number of carbonyl (C=O) groups excluding carboxylic acids is 1. The second kappa shape index (κ2) is 9.56. The zero-order chi connectivity index (χ0) is 22.8. The molecule has 1 aliphatic heterocycles. The second-order valence-corrected chi connectivity index (χ2v) is 9.40. The van der Waals surface area contributed by atoms with E-state index in [1.54, 1.807) is 0 Å². The van der Waals surface area contributed by atoms with Crippen LogP contribution >= 0.6 is 0 Å². The van der Waals surface area contributed by atoms with Crippen molar-refractivity contribution in [2.45, 2.75) is 52.0 Å². The Labute approximate surface area is 196 Å². The van der Waals surface area contributed by atoms with Crippen LogP contribution in [0.1, 0.15) is 61.2 Å². The molecule has 5 rings (SSSR count). The maximum Gasteiger partial charge on any atom is 0.289 e. The third kappa shape index (κ3) is 4.49. The predicted molar refractivity (Wildman–Crippen MR) is 130 cm³/mol. The van der Waals surface area contributed by atoms with E-state index in [4.69, 9.17) is 9.40 Å². The number of aromatic nitrogens is 2. The van der Waals surface area contributed by atoms with Crippen LogP contribution in [0, 0.1) is 6.92 Å². The third-order valence-corrected chi connectivity index (χ3v) is 7.24. The summed E-state index contributed by atoms with van der Waals surface area (Å²) in [6.07, 6.45) is 8.07. The minimum Gasteiger partial charge on any atom is -0.449 e. The van der Waals surface area contributed by atoms with Crippen molar-refractivity contribution in [2.75, 3.05) is 32.7 Å². The van der Waals surface area contributed by atoms with Gasteiger partial charge in [0.05, 0.1) is 12.0 Å². The summed E-state index contributed by atoms with van der Waals surface area (Å²) in [5, 5.41) is 0. The van der Waals surface area contributed by atoms with E-state index in [2.05, 4.69) is 47.6 Å². The number of amides is 1. The number of rotatable bonds is 5. The fourth-order valence-corrected chi connectivity index (χ4v) is 5.17. The maximum atomic E-state index is 13.1. The van der Waals surface area contributed by atoms with Gasteiger partial charge in [0.25, 0.3) is 5.91 Å². The number of likely N-dealkylation sites (N-methyl/N-ethyl adjacent to an activating group) is 1. The van der Waals surface area contributed by atoms with Gasteiger partial charge in [-0.05, 0) is 38.4 Å². The molecule has 1 saturated carbocycles. The molecule has 1 saturated heterocycles. The standard InChI is InChI=1S/C27H34N4O2/c1-3-29-15-17-30(18-16-29)27(32)24-14-13-23(33-24)26-25(21-11-9-20(2)10-12-21)28-19-31(26)22-7-5-4-6-8-22/h9-14,19,22H,3-8,15-18H2,1-2H3. The smallest absolute Gasteiger partial charge is 0.289 e. The second-order valence-electron chi connectivity index (χ2n) is 9.40. The molecule has 3 aromatic rings. The lowest BCUT2D eigenvalue weighted by atomic mass is 9.95. The molecule has 33 heavy (non-hydrogen) atoms. The van der Waals surface area contributed by atoms with E-state index in [0.717, 1.165) is 68.3 Å². The molecule has 2 aliphatic rings. The average molecular weight is 447 g/mol. The van der Waals surface area contributed by atoms with E-state index in [-0.39, 0.29) is 5.91 Å². The van der Waals surface area contributed by atoms with Crippen LogP contribution in [0.4, 0.5) is 0 Å². The number of carbonyl (C=O) groups is 1. The van der Waals surface area contributed by atoms with Crippen LogP contribution in [-0.2, 0) is 0 Å². The molecule has 0 spiro atoms. The van der Waals surface area contributed by atoms with Gasteiger partial charge in [-0.1, -0.05) is 56.0 Å². The number of benzene rings is 1. The minimum absolute atomic E-state index is 0.0161. The molecule has 2 fully saturated rings. The van der Waals surface area contributed by atoms with Crippen LogP contribution in [0.2, 0.25) is 0 Å². The Morgan fingerprint density at radius 3 is 2.42 bits per heavy atom. The summed E-state index contributed by atoms with van der Waals surface area (Å²) >= 11 is 0. The summed E-state index contributed by atoms with van der Waals surface area (Å²) in [5.74, 6) is 1.13. The first-order valence-corrected chi connectivity index (χ1v) is 12.4. The molecule has 0 N–H and O–H groups in total. The van der Waals surface area contributed by atoms with E-state index in [9.17, 15) is 4.79 Å². The van der Waals surface area contributed by atoms with Crippen molar-refractivity contribution < 1.29 is 9.21 Å². The molecular weight excluding hydrogens is 412 g/mol. The Morgan fingerprint density at radius 2 is 1.73 bits per heavy atom. The average Bonchev–Trinajstić information content (AvgIpc) is 3.52. The van der Waals surface area contributed by atoms with Crippen molar-refractivity contribution in [3.8, 4) is 22.7 Å². The van der Waals surface area contributed by atoms with Gasteiger partial charge < -0.3 is 18.8 Å². The number of nitrogens with zero attached hydrogens (tertiary/aromatic N) is 4. The number of furan rings is 1. The molecule has 174 valence electrons. The van der Waals surface area contributed by atoms with E-state index in [1.165, 1.54) is 24.8 Å². The zero-order valence-electron chi connectivity index (χ0n) is 19.8. The predicted octanol–water partition coefficient (Wildman–Crippen LogP) is 5.40. The Kier molecular flexibility index (Phi) is 6.36. The first kappa shape index (κ1) is 22.0. The van der Waals surface area contributed by atoms with Crippen LogP contribution < -0.4 is 0 Å². The highest BCUT2D eigenvalue weighted by Crippen LogP contribution is 2.38. The van der Waals surface area contributed by atoms with Crippen LogP contribution in [0.3, 0.4) is 0 Å². The highest BCUT2D eigenvalue weighted by atomic mass is 16.4. The highest BCUT2D eigenvalue weighted by molar-refractivity contribution is 5.92. The number of hydrogen-bond acceptors (Lipinski definition) is 4. The Bertz CT molecular complexity index is 1080. The van der Waals surface area contributed by atoms with E-state index in [0.29, 0.717) is 11.8 Å². The van der Waals surface area contributed by atoms with Gasteiger partial charge in [0.15, 0.2) is 11.5 Å². The summed E-state index contributed by atoms with van der Waals surface area (Å²) < 4.78 is 8.54. The highest BCUT2D eigenvalue weighted by Gasteiger charge is 2.27. The van der Waals surface area contributed by atoms with Gasteiger partial charge in [-0.15, -0.1) is 0 Å². The lowest BCUT2D eigenvalue weighted by Gasteiger charge is -2.33. The fraction of sp³-hybridized carbons (Fsp3) is 0.481. The molecule has 1 amide bonds. The van der Waals surface area contributed by atoms with Crippen molar-refractivity contribution >= 4 is 5.91 Å². The Hall–Kier alpha value is -2.86. The van der Waals surface area contributed by atoms with Gasteiger partial charge in [0, 0.05) is 37.8 Å². The molecule has 3 heterocycles. The third-order valence-electron chi connectivity index (χ3n) is 7.24. The largest absolute Gasteiger partial charge is 0.449 e. The lowest BCUT2D eigenvalue weighted by Crippen LogP contribution is -2.48. The number of aryl methyl sites for hydroxylation is 1. The maximum absolute atomic E-state index is 13.1.